The third-order valence-corrected chi connectivity index (χ3v) is 3.43. The highest BCUT2D eigenvalue weighted by Crippen LogP contribution is 2.40. The quantitative estimate of drug-likeness (QED) is 0.868. The van der Waals surface area contributed by atoms with Gasteiger partial charge in [0.05, 0.1) is 17.8 Å². The minimum Gasteiger partial charge on any atom is -0.345 e. The molecule has 0 atom stereocenters. The molecule has 0 aromatic carbocycles. The summed E-state index contributed by atoms with van der Waals surface area (Å²) in [5.74, 6) is 1.90. The predicted octanol–water partition coefficient (Wildman–Crippen LogP) is 1.53. The van der Waals surface area contributed by atoms with Crippen molar-refractivity contribution in [1.82, 2.24) is 30.5 Å². The van der Waals surface area contributed by atoms with Crippen molar-refractivity contribution in [2.75, 3.05) is 0 Å². The Hall–Kier alpha value is -2.31. The van der Waals surface area contributed by atoms with Crippen molar-refractivity contribution in [2.45, 2.75) is 45.1 Å². The van der Waals surface area contributed by atoms with Gasteiger partial charge >= 0.3 is 0 Å². The van der Waals surface area contributed by atoms with Crippen molar-refractivity contribution < 1.29 is 4.79 Å². The van der Waals surface area contributed by atoms with Crippen molar-refractivity contribution in [3.63, 3.8) is 0 Å². The monoisotopic (exact) mass is 286 g/mol. The van der Waals surface area contributed by atoms with E-state index in [1.165, 1.54) is 6.33 Å². The van der Waals surface area contributed by atoms with Crippen LogP contribution in [0.4, 0.5) is 0 Å². The Morgan fingerprint density at radius 3 is 2.95 bits per heavy atom. The highest BCUT2D eigenvalue weighted by atomic mass is 16.1. The van der Waals surface area contributed by atoms with Gasteiger partial charge in [0.2, 0.25) is 0 Å². The summed E-state index contributed by atoms with van der Waals surface area (Å²) >= 11 is 0. The molecule has 1 aliphatic carbocycles. The molecule has 1 fully saturated rings. The van der Waals surface area contributed by atoms with E-state index in [-0.39, 0.29) is 11.8 Å². The van der Waals surface area contributed by atoms with E-state index in [2.05, 4.69) is 30.5 Å². The zero-order chi connectivity index (χ0) is 14.8. The molecule has 1 saturated carbocycles. The second-order valence-corrected chi connectivity index (χ2v) is 5.57. The van der Waals surface area contributed by atoms with Gasteiger partial charge in [-0.1, -0.05) is 13.8 Å². The Balaban J connectivity index is 1.66. The largest absolute Gasteiger partial charge is 0.345 e. The first-order valence-corrected chi connectivity index (χ1v) is 7.14. The number of nitrogens with zero attached hydrogens (tertiary/aromatic N) is 4. The summed E-state index contributed by atoms with van der Waals surface area (Å²) in [7, 11) is 0. The topological polar surface area (TPSA) is 96.5 Å². The molecule has 3 rings (SSSR count). The van der Waals surface area contributed by atoms with Crippen LogP contribution >= 0.6 is 0 Å². The maximum absolute atomic E-state index is 12.3. The van der Waals surface area contributed by atoms with Gasteiger partial charge in [-0.2, -0.15) is 5.10 Å². The first-order chi connectivity index (χ1) is 10.1. The van der Waals surface area contributed by atoms with Crippen molar-refractivity contribution in [3.8, 4) is 0 Å². The summed E-state index contributed by atoms with van der Waals surface area (Å²) in [4.78, 5) is 24.8. The molecule has 0 radical (unpaired) electrons. The molecular weight excluding hydrogens is 268 g/mol. The molecule has 21 heavy (non-hydrogen) atoms. The summed E-state index contributed by atoms with van der Waals surface area (Å²) in [6.07, 6.45) is 5.26. The van der Waals surface area contributed by atoms with Gasteiger partial charge in [-0.05, 0) is 12.8 Å². The number of hydrogen-bond donors (Lipinski definition) is 2. The lowest BCUT2D eigenvalue weighted by atomic mass is 10.1. The Labute approximate surface area is 122 Å². The molecule has 1 aliphatic rings. The van der Waals surface area contributed by atoms with Crippen LogP contribution in [0.3, 0.4) is 0 Å². The van der Waals surface area contributed by atoms with Crippen LogP contribution in [0.1, 0.15) is 66.2 Å². The lowest BCUT2D eigenvalue weighted by molar-refractivity contribution is 0.0948. The molecule has 0 aliphatic heterocycles. The number of carbonyl (C=O) groups excluding carboxylic acids is 1. The summed E-state index contributed by atoms with van der Waals surface area (Å²) in [5, 5.41) is 9.78. The smallest absolute Gasteiger partial charge is 0.255 e. The average Bonchev–Trinajstić information content (AvgIpc) is 3.22. The van der Waals surface area contributed by atoms with E-state index >= 15 is 0 Å². The standard InChI is InChI=1S/C14H18N6O/c1-8(2)13-18-11(19-20-13)6-16-14(21)10-5-15-7-17-12(10)9-3-4-9/h5,7-9H,3-4,6H2,1-2H3,(H,16,21)(H,18,19,20). The van der Waals surface area contributed by atoms with E-state index in [0.717, 1.165) is 24.4 Å². The summed E-state index contributed by atoms with van der Waals surface area (Å²) in [5.41, 5.74) is 1.41. The maximum Gasteiger partial charge on any atom is 0.255 e. The molecule has 0 spiro atoms. The van der Waals surface area contributed by atoms with Crippen molar-refractivity contribution in [1.29, 1.82) is 0 Å². The van der Waals surface area contributed by atoms with Gasteiger partial charge in [0.25, 0.3) is 5.91 Å². The summed E-state index contributed by atoms with van der Waals surface area (Å²) < 4.78 is 0. The number of nitrogens with one attached hydrogen (secondary N) is 2. The Kier molecular flexibility index (Phi) is 3.64. The zero-order valence-electron chi connectivity index (χ0n) is 12.1. The van der Waals surface area contributed by atoms with Crippen LogP contribution in [0.5, 0.6) is 0 Å². The summed E-state index contributed by atoms with van der Waals surface area (Å²) in [6.45, 7) is 4.36. The fraction of sp³-hybridized carbons (Fsp3) is 0.500. The van der Waals surface area contributed by atoms with Crippen LogP contribution in [-0.2, 0) is 6.54 Å². The highest BCUT2D eigenvalue weighted by molar-refractivity contribution is 5.95. The lowest BCUT2D eigenvalue weighted by Crippen LogP contribution is -2.25. The molecule has 2 aromatic heterocycles. The van der Waals surface area contributed by atoms with Crippen LogP contribution in [0.25, 0.3) is 0 Å². The van der Waals surface area contributed by atoms with E-state index < -0.39 is 0 Å². The van der Waals surface area contributed by atoms with Gasteiger partial charge in [0, 0.05) is 18.0 Å². The number of carbonyl (C=O) groups is 1. The van der Waals surface area contributed by atoms with E-state index in [1.807, 2.05) is 13.8 Å². The van der Waals surface area contributed by atoms with Crippen LogP contribution in [0.15, 0.2) is 12.5 Å². The lowest BCUT2D eigenvalue weighted by Gasteiger charge is -2.06. The normalized spacial score (nSPS) is 14.4. The minimum atomic E-state index is -0.167. The van der Waals surface area contributed by atoms with Gasteiger partial charge in [-0.25, -0.2) is 15.0 Å². The fourth-order valence-corrected chi connectivity index (χ4v) is 2.10. The van der Waals surface area contributed by atoms with Gasteiger partial charge < -0.3 is 5.32 Å². The Morgan fingerprint density at radius 2 is 2.29 bits per heavy atom. The average molecular weight is 286 g/mol. The number of aromatic amines is 1. The first kappa shape index (κ1) is 13.7. The molecule has 2 aromatic rings. The van der Waals surface area contributed by atoms with Crippen LogP contribution in [0, 0.1) is 0 Å². The minimum absolute atomic E-state index is 0.167. The van der Waals surface area contributed by atoms with E-state index in [1.54, 1.807) is 6.20 Å². The molecule has 1 amide bonds. The van der Waals surface area contributed by atoms with E-state index in [9.17, 15) is 4.79 Å². The fourth-order valence-electron chi connectivity index (χ4n) is 2.10. The predicted molar refractivity (Wildman–Crippen MR) is 75.6 cm³/mol. The molecule has 110 valence electrons. The van der Waals surface area contributed by atoms with Crippen molar-refractivity contribution >= 4 is 5.91 Å². The van der Waals surface area contributed by atoms with E-state index in [4.69, 9.17) is 0 Å². The van der Waals surface area contributed by atoms with Crippen LogP contribution in [-0.4, -0.2) is 31.1 Å². The third-order valence-electron chi connectivity index (χ3n) is 3.43. The maximum atomic E-state index is 12.3. The number of hydrogen-bond acceptors (Lipinski definition) is 5. The van der Waals surface area contributed by atoms with Crippen molar-refractivity contribution in [3.05, 3.63) is 35.4 Å². The second kappa shape index (κ2) is 5.59. The van der Waals surface area contributed by atoms with Crippen LogP contribution in [0.2, 0.25) is 0 Å². The SMILES string of the molecule is CC(C)c1n[nH]c(CNC(=O)c2cncnc2C2CC2)n1. The molecule has 7 nitrogen and oxygen atoms in total. The van der Waals surface area contributed by atoms with Gasteiger partial charge in [-0.15, -0.1) is 0 Å². The molecular formula is C14H18N6O. The molecule has 7 heteroatoms. The molecule has 0 unspecified atom stereocenters. The number of aromatic nitrogens is 5. The van der Waals surface area contributed by atoms with Gasteiger partial charge in [-0.3, -0.25) is 9.89 Å². The van der Waals surface area contributed by atoms with Gasteiger partial charge in [0.1, 0.15) is 12.2 Å². The number of amides is 1. The van der Waals surface area contributed by atoms with Crippen molar-refractivity contribution in [2.24, 2.45) is 0 Å². The molecule has 2 N–H and O–H groups in total. The Morgan fingerprint density at radius 1 is 1.48 bits per heavy atom. The first-order valence-electron chi connectivity index (χ1n) is 7.14. The van der Waals surface area contributed by atoms with Crippen LogP contribution < -0.4 is 5.32 Å². The zero-order valence-corrected chi connectivity index (χ0v) is 12.1. The molecule has 2 heterocycles. The number of H-pyrrole nitrogens is 1. The molecule has 0 bridgehead atoms. The van der Waals surface area contributed by atoms with Gasteiger partial charge in [0.15, 0.2) is 5.82 Å². The third kappa shape index (κ3) is 3.07. The highest BCUT2D eigenvalue weighted by Gasteiger charge is 2.29. The Bertz CT molecular complexity index is 646. The number of rotatable bonds is 5. The van der Waals surface area contributed by atoms with E-state index in [0.29, 0.717) is 23.9 Å². The molecule has 0 saturated heterocycles. The summed E-state index contributed by atoms with van der Waals surface area (Å²) in [6, 6.07) is 0. The second-order valence-electron chi connectivity index (χ2n) is 5.57.